The summed E-state index contributed by atoms with van der Waals surface area (Å²) in [6, 6.07) is -0.180. The van der Waals surface area contributed by atoms with Crippen LogP contribution in [-0.2, 0) is 0 Å². The normalized spacial score (nSPS) is 12.9. The summed E-state index contributed by atoms with van der Waals surface area (Å²) in [6.07, 6.45) is -0.894. The van der Waals surface area contributed by atoms with Gasteiger partial charge in [-0.05, 0) is 18.3 Å². The Morgan fingerprint density at radius 3 is 2.12 bits per heavy atom. The van der Waals surface area contributed by atoms with E-state index in [1.165, 1.54) is 0 Å². The molecule has 0 fully saturated rings. The quantitative estimate of drug-likeness (QED) is 0.542. The van der Waals surface area contributed by atoms with E-state index < -0.39 is 12.2 Å². The minimum atomic E-state index is -1.06. The van der Waals surface area contributed by atoms with Gasteiger partial charge in [-0.1, -0.05) is 20.8 Å². The van der Waals surface area contributed by atoms with Crippen molar-refractivity contribution in [2.45, 2.75) is 39.7 Å². The van der Waals surface area contributed by atoms with Gasteiger partial charge in [0, 0.05) is 12.6 Å². The molecule has 1 unspecified atom stereocenters. The predicted octanol–water partition coefficient (Wildman–Crippen LogP) is 1.72. The first-order valence-electron chi connectivity index (χ1n) is 5.19. The molecule has 0 bridgehead atoms. The maximum absolute atomic E-state index is 10.6. The largest absolute Gasteiger partial charge is 0.465 e. The monoisotopic (exact) mass is 232 g/mol. The van der Waals surface area contributed by atoms with Crippen molar-refractivity contribution >= 4 is 12.2 Å². The molecule has 6 heteroatoms. The first-order valence-corrected chi connectivity index (χ1v) is 5.19. The van der Waals surface area contributed by atoms with Crippen molar-refractivity contribution in [3.05, 3.63) is 0 Å². The van der Waals surface area contributed by atoms with Gasteiger partial charge in [0.1, 0.15) is 0 Å². The van der Waals surface area contributed by atoms with Crippen LogP contribution in [0.25, 0.3) is 0 Å². The van der Waals surface area contributed by atoms with Crippen molar-refractivity contribution in [1.82, 2.24) is 10.6 Å². The summed E-state index contributed by atoms with van der Waals surface area (Å²) in [7, 11) is 0. The highest BCUT2D eigenvalue weighted by Crippen LogP contribution is 2.22. The number of carbonyl (C=O) groups is 2. The molecule has 0 spiro atoms. The molecule has 0 aromatic carbocycles. The Morgan fingerprint density at radius 1 is 1.19 bits per heavy atom. The Hall–Kier alpha value is -1.46. The number of nitrogens with one attached hydrogen (secondary N) is 2. The second kappa shape index (κ2) is 6.19. The summed E-state index contributed by atoms with van der Waals surface area (Å²) >= 11 is 0. The number of rotatable bonds is 5. The first-order chi connectivity index (χ1) is 7.23. The Labute approximate surface area is 95.0 Å². The zero-order chi connectivity index (χ0) is 12.8. The topological polar surface area (TPSA) is 98.7 Å². The summed E-state index contributed by atoms with van der Waals surface area (Å²) in [4.78, 5) is 20.8. The van der Waals surface area contributed by atoms with Gasteiger partial charge >= 0.3 is 12.2 Å². The van der Waals surface area contributed by atoms with Gasteiger partial charge in [-0.3, -0.25) is 0 Å². The lowest BCUT2D eigenvalue weighted by Crippen LogP contribution is -2.43. The molecule has 0 aromatic rings. The van der Waals surface area contributed by atoms with Crippen LogP contribution in [0, 0.1) is 5.41 Å². The minimum absolute atomic E-state index is 0.179. The Balaban J connectivity index is 4.03. The molecular weight excluding hydrogens is 212 g/mol. The fourth-order valence-electron chi connectivity index (χ4n) is 1.37. The van der Waals surface area contributed by atoms with E-state index in [1.54, 1.807) is 0 Å². The van der Waals surface area contributed by atoms with E-state index in [9.17, 15) is 9.59 Å². The van der Waals surface area contributed by atoms with Crippen LogP contribution in [0.4, 0.5) is 9.59 Å². The highest BCUT2D eigenvalue weighted by molar-refractivity contribution is 5.65. The summed E-state index contributed by atoms with van der Waals surface area (Å²) < 4.78 is 0. The van der Waals surface area contributed by atoms with Crippen LogP contribution in [0.2, 0.25) is 0 Å². The molecule has 2 amide bonds. The van der Waals surface area contributed by atoms with Gasteiger partial charge in [-0.2, -0.15) is 0 Å². The van der Waals surface area contributed by atoms with Gasteiger partial charge in [0.15, 0.2) is 0 Å². The Morgan fingerprint density at radius 2 is 1.75 bits per heavy atom. The van der Waals surface area contributed by atoms with Gasteiger partial charge in [0.25, 0.3) is 0 Å². The number of amides is 2. The highest BCUT2D eigenvalue weighted by Gasteiger charge is 2.25. The lowest BCUT2D eigenvalue weighted by Gasteiger charge is -2.30. The molecule has 1 atom stereocenters. The van der Waals surface area contributed by atoms with E-state index >= 15 is 0 Å². The molecule has 6 nitrogen and oxygen atoms in total. The van der Waals surface area contributed by atoms with Crippen molar-refractivity contribution in [2.24, 2.45) is 5.41 Å². The molecule has 0 saturated heterocycles. The maximum Gasteiger partial charge on any atom is 0.404 e. The molecule has 0 heterocycles. The fourth-order valence-corrected chi connectivity index (χ4v) is 1.37. The molecule has 4 N–H and O–H groups in total. The smallest absolute Gasteiger partial charge is 0.404 e. The lowest BCUT2D eigenvalue weighted by atomic mass is 9.84. The van der Waals surface area contributed by atoms with E-state index in [2.05, 4.69) is 10.6 Å². The van der Waals surface area contributed by atoms with Crippen molar-refractivity contribution in [1.29, 1.82) is 0 Å². The molecule has 0 rings (SSSR count). The summed E-state index contributed by atoms with van der Waals surface area (Å²) in [5, 5.41) is 21.7. The van der Waals surface area contributed by atoms with Crippen molar-refractivity contribution < 1.29 is 19.8 Å². The van der Waals surface area contributed by atoms with Crippen molar-refractivity contribution in [3.63, 3.8) is 0 Å². The van der Waals surface area contributed by atoms with Crippen LogP contribution in [-0.4, -0.2) is 35.0 Å². The summed E-state index contributed by atoms with van der Waals surface area (Å²) in [5.74, 6) is 0. The number of carboxylic acid groups (broad SMARTS) is 2. The van der Waals surface area contributed by atoms with Crippen LogP contribution in [0.5, 0.6) is 0 Å². The maximum atomic E-state index is 10.6. The summed E-state index contributed by atoms with van der Waals surface area (Å²) in [5.41, 5.74) is -0.179. The lowest BCUT2D eigenvalue weighted by molar-refractivity contribution is 0.170. The van der Waals surface area contributed by atoms with E-state index in [1.807, 2.05) is 20.8 Å². The van der Waals surface area contributed by atoms with E-state index in [0.717, 1.165) is 0 Å². The van der Waals surface area contributed by atoms with Gasteiger partial charge < -0.3 is 20.8 Å². The molecule has 0 aliphatic carbocycles. The summed E-state index contributed by atoms with van der Waals surface area (Å²) in [6.45, 7) is 6.16. The Bertz CT molecular complexity index is 248. The van der Waals surface area contributed by atoms with E-state index in [0.29, 0.717) is 19.4 Å². The molecule has 0 aliphatic rings. The van der Waals surface area contributed by atoms with Crippen LogP contribution >= 0.6 is 0 Å². The molecule has 94 valence electrons. The number of hydrogen-bond donors (Lipinski definition) is 4. The third kappa shape index (κ3) is 6.92. The zero-order valence-corrected chi connectivity index (χ0v) is 9.91. The molecule has 0 aromatic heterocycles. The average Bonchev–Trinajstić information content (AvgIpc) is 2.07. The van der Waals surface area contributed by atoms with E-state index in [4.69, 9.17) is 10.2 Å². The van der Waals surface area contributed by atoms with Crippen LogP contribution in [0.1, 0.15) is 33.6 Å². The van der Waals surface area contributed by atoms with Gasteiger partial charge in [0.2, 0.25) is 0 Å². The molecule has 0 aliphatic heterocycles. The molecule has 0 saturated carbocycles. The minimum Gasteiger partial charge on any atom is -0.465 e. The average molecular weight is 232 g/mol. The third-order valence-corrected chi connectivity index (χ3v) is 2.29. The third-order valence-electron chi connectivity index (χ3n) is 2.29. The second-order valence-corrected chi connectivity index (χ2v) is 4.74. The zero-order valence-electron chi connectivity index (χ0n) is 9.91. The predicted molar refractivity (Wildman–Crippen MR) is 59.7 cm³/mol. The van der Waals surface area contributed by atoms with Gasteiger partial charge in [-0.25, -0.2) is 9.59 Å². The molecule has 0 radical (unpaired) electrons. The second-order valence-electron chi connectivity index (χ2n) is 4.74. The van der Waals surface area contributed by atoms with Crippen molar-refractivity contribution in [2.75, 3.05) is 6.54 Å². The molecular formula is C10H20N2O4. The Kier molecular flexibility index (Phi) is 5.63. The fraction of sp³-hybridized carbons (Fsp3) is 0.800. The standard InChI is InChI=1S/C10H20N2O4/c1-10(2,3)7(12-9(15)16)5-4-6-11-8(13)14/h7,11-12H,4-6H2,1-3H3,(H,13,14)(H,15,16). The van der Waals surface area contributed by atoms with E-state index in [-0.39, 0.29) is 11.5 Å². The van der Waals surface area contributed by atoms with Crippen molar-refractivity contribution in [3.8, 4) is 0 Å². The number of hydrogen-bond acceptors (Lipinski definition) is 2. The van der Waals surface area contributed by atoms with Crippen LogP contribution in [0.15, 0.2) is 0 Å². The molecule has 16 heavy (non-hydrogen) atoms. The van der Waals surface area contributed by atoms with Gasteiger partial charge in [-0.15, -0.1) is 0 Å². The van der Waals surface area contributed by atoms with Gasteiger partial charge in [0.05, 0.1) is 0 Å². The van der Waals surface area contributed by atoms with Crippen LogP contribution in [0.3, 0.4) is 0 Å². The highest BCUT2D eigenvalue weighted by atomic mass is 16.4. The van der Waals surface area contributed by atoms with Crippen LogP contribution < -0.4 is 10.6 Å². The first kappa shape index (κ1) is 14.5. The SMILES string of the molecule is CC(C)(C)C(CCCNC(=O)O)NC(=O)O.